The van der Waals surface area contributed by atoms with Crippen LogP contribution in [0, 0.1) is 6.92 Å². The van der Waals surface area contributed by atoms with Crippen LogP contribution in [-0.4, -0.2) is 11.7 Å². The van der Waals surface area contributed by atoms with Gasteiger partial charge in [0.05, 0.1) is 0 Å². The Labute approximate surface area is 198 Å². The third kappa shape index (κ3) is 2.96. The topological polar surface area (TPSA) is 31.4 Å². The fourth-order valence-corrected chi connectivity index (χ4v) is 5.16. The zero-order valence-electron chi connectivity index (χ0n) is 18.7. The van der Waals surface area contributed by atoms with Crippen molar-refractivity contribution < 1.29 is 9.47 Å². The lowest BCUT2D eigenvalue weighted by Gasteiger charge is -2.33. The standard InChI is InChI=1S/C30H20BNO2/c1-19-15-22(13-14-32-19)20-7-6-8-21(16-20)23-17-28-30-29(18-23)34-27-12-5-3-10-25(27)31(30)24-9-2-4-11-26(24)33-28/h2-18H,1H3. The normalized spacial score (nSPS) is 12.7. The van der Waals surface area contributed by atoms with Gasteiger partial charge in [0.15, 0.2) is 0 Å². The van der Waals surface area contributed by atoms with Crippen LogP contribution in [0.1, 0.15) is 5.69 Å². The van der Waals surface area contributed by atoms with E-state index in [-0.39, 0.29) is 6.71 Å². The number of benzene rings is 4. The first-order valence-electron chi connectivity index (χ1n) is 11.5. The summed E-state index contributed by atoms with van der Waals surface area (Å²) < 4.78 is 12.9. The van der Waals surface area contributed by atoms with E-state index in [1.807, 2.05) is 31.3 Å². The number of aryl methyl sites for hydroxylation is 1. The molecule has 3 nitrogen and oxygen atoms in total. The molecule has 0 fully saturated rings. The number of hydrogen-bond acceptors (Lipinski definition) is 3. The number of para-hydroxylation sites is 2. The highest BCUT2D eigenvalue weighted by Gasteiger charge is 2.40. The monoisotopic (exact) mass is 437 g/mol. The van der Waals surface area contributed by atoms with Crippen molar-refractivity contribution in [2.24, 2.45) is 0 Å². The van der Waals surface area contributed by atoms with Gasteiger partial charge in [-0.2, -0.15) is 0 Å². The maximum Gasteiger partial charge on any atom is 0.260 e. The fourth-order valence-electron chi connectivity index (χ4n) is 5.16. The Hall–Kier alpha value is -4.31. The molecule has 34 heavy (non-hydrogen) atoms. The lowest BCUT2D eigenvalue weighted by atomic mass is 9.35. The molecular weight excluding hydrogens is 417 g/mol. The largest absolute Gasteiger partial charge is 0.458 e. The Balaban J connectivity index is 1.41. The van der Waals surface area contributed by atoms with Gasteiger partial charge in [0, 0.05) is 17.4 Å². The van der Waals surface area contributed by atoms with Gasteiger partial charge in [-0.15, -0.1) is 0 Å². The van der Waals surface area contributed by atoms with Gasteiger partial charge in [-0.25, -0.2) is 0 Å². The van der Waals surface area contributed by atoms with E-state index in [2.05, 4.69) is 83.8 Å². The van der Waals surface area contributed by atoms with Crippen LogP contribution in [0.2, 0.25) is 0 Å². The summed E-state index contributed by atoms with van der Waals surface area (Å²) in [6.45, 7) is 2.11. The fraction of sp³-hybridized carbons (Fsp3) is 0.0333. The molecule has 2 aliphatic heterocycles. The van der Waals surface area contributed by atoms with Crippen LogP contribution < -0.4 is 25.9 Å². The molecule has 5 aromatic rings. The van der Waals surface area contributed by atoms with E-state index in [1.54, 1.807) is 0 Å². The molecule has 0 bridgehead atoms. The Morgan fingerprint density at radius 3 is 1.79 bits per heavy atom. The summed E-state index contributed by atoms with van der Waals surface area (Å²) >= 11 is 0. The molecule has 0 unspecified atom stereocenters. The summed E-state index contributed by atoms with van der Waals surface area (Å²) in [6.07, 6.45) is 1.86. The minimum atomic E-state index is 0.0973. The maximum absolute atomic E-state index is 6.44. The van der Waals surface area contributed by atoms with Crippen molar-refractivity contribution in [3.8, 4) is 45.3 Å². The van der Waals surface area contributed by atoms with E-state index >= 15 is 0 Å². The van der Waals surface area contributed by atoms with Crippen LogP contribution in [0.25, 0.3) is 22.3 Å². The van der Waals surface area contributed by atoms with E-state index < -0.39 is 0 Å². The summed E-state index contributed by atoms with van der Waals surface area (Å²) in [6, 6.07) is 33.7. The van der Waals surface area contributed by atoms with Crippen LogP contribution in [0.5, 0.6) is 23.0 Å². The third-order valence-corrected chi connectivity index (χ3v) is 6.72. The molecule has 0 radical (unpaired) electrons. The first-order valence-corrected chi connectivity index (χ1v) is 11.5. The van der Waals surface area contributed by atoms with Gasteiger partial charge in [0.25, 0.3) is 6.71 Å². The minimum absolute atomic E-state index is 0.0973. The lowest BCUT2D eigenvalue weighted by molar-refractivity contribution is 0.465. The molecule has 160 valence electrons. The number of rotatable bonds is 2. The second-order valence-electron chi connectivity index (χ2n) is 8.87. The quantitative estimate of drug-likeness (QED) is 0.337. The van der Waals surface area contributed by atoms with Crippen LogP contribution in [-0.2, 0) is 0 Å². The highest BCUT2D eigenvalue weighted by molar-refractivity contribution is 6.98. The van der Waals surface area contributed by atoms with Gasteiger partial charge in [-0.3, -0.25) is 4.98 Å². The summed E-state index contributed by atoms with van der Waals surface area (Å²) in [5.74, 6) is 3.52. The van der Waals surface area contributed by atoms with Gasteiger partial charge < -0.3 is 9.47 Å². The minimum Gasteiger partial charge on any atom is -0.458 e. The molecule has 2 aliphatic rings. The van der Waals surface area contributed by atoms with Gasteiger partial charge in [-0.05, 0) is 82.6 Å². The van der Waals surface area contributed by atoms with Crippen LogP contribution in [0.15, 0.2) is 103 Å². The van der Waals surface area contributed by atoms with Crippen molar-refractivity contribution in [1.82, 2.24) is 4.98 Å². The molecule has 0 saturated carbocycles. The van der Waals surface area contributed by atoms with Crippen LogP contribution >= 0.6 is 0 Å². The van der Waals surface area contributed by atoms with E-state index in [0.29, 0.717) is 0 Å². The van der Waals surface area contributed by atoms with Crippen molar-refractivity contribution in [2.45, 2.75) is 6.92 Å². The number of pyridine rings is 1. The molecule has 0 amide bonds. The van der Waals surface area contributed by atoms with Gasteiger partial charge in [-0.1, -0.05) is 54.6 Å². The van der Waals surface area contributed by atoms with E-state index in [1.165, 1.54) is 10.9 Å². The molecule has 0 saturated heterocycles. The van der Waals surface area contributed by atoms with Crippen LogP contribution in [0.3, 0.4) is 0 Å². The van der Waals surface area contributed by atoms with Crippen LogP contribution in [0.4, 0.5) is 0 Å². The van der Waals surface area contributed by atoms with Gasteiger partial charge in [0.1, 0.15) is 23.0 Å². The average Bonchev–Trinajstić information content (AvgIpc) is 2.88. The van der Waals surface area contributed by atoms with Crippen molar-refractivity contribution in [1.29, 1.82) is 0 Å². The summed E-state index contributed by atoms with van der Waals surface area (Å²) in [5, 5.41) is 0. The predicted octanol–water partition coefficient (Wildman–Crippen LogP) is 5.45. The summed E-state index contributed by atoms with van der Waals surface area (Å²) in [4.78, 5) is 4.33. The highest BCUT2D eigenvalue weighted by Crippen LogP contribution is 2.38. The number of aromatic nitrogens is 1. The van der Waals surface area contributed by atoms with Gasteiger partial charge >= 0.3 is 0 Å². The van der Waals surface area contributed by atoms with Crippen molar-refractivity contribution in [2.75, 3.05) is 0 Å². The second kappa shape index (κ2) is 7.36. The molecule has 0 atom stereocenters. The molecule has 0 spiro atoms. The zero-order chi connectivity index (χ0) is 22.6. The molecule has 0 aliphatic carbocycles. The number of fused-ring (bicyclic) bond motifs is 4. The van der Waals surface area contributed by atoms with Crippen molar-refractivity contribution >= 4 is 23.1 Å². The molecule has 7 rings (SSSR count). The molecule has 4 heteroatoms. The summed E-state index contributed by atoms with van der Waals surface area (Å²) in [7, 11) is 0. The zero-order valence-corrected chi connectivity index (χ0v) is 18.7. The first kappa shape index (κ1) is 19.2. The second-order valence-corrected chi connectivity index (χ2v) is 8.87. The number of nitrogens with zero attached hydrogens (tertiary/aromatic N) is 1. The molecule has 1 aromatic heterocycles. The Morgan fingerprint density at radius 2 is 1.15 bits per heavy atom. The molecule has 3 heterocycles. The molecule has 4 aromatic carbocycles. The van der Waals surface area contributed by atoms with E-state index in [4.69, 9.17) is 9.47 Å². The summed E-state index contributed by atoms with van der Waals surface area (Å²) in [5.41, 5.74) is 8.96. The molecular formula is C30H20BNO2. The van der Waals surface area contributed by atoms with E-state index in [9.17, 15) is 0 Å². The van der Waals surface area contributed by atoms with Gasteiger partial charge in [0.2, 0.25) is 0 Å². The smallest absolute Gasteiger partial charge is 0.260 e. The lowest BCUT2D eigenvalue weighted by Crippen LogP contribution is -2.57. The highest BCUT2D eigenvalue weighted by atomic mass is 16.5. The predicted molar refractivity (Wildman–Crippen MR) is 138 cm³/mol. The Bertz CT molecular complexity index is 1520. The number of hydrogen-bond donors (Lipinski definition) is 0. The number of ether oxygens (including phenoxy) is 2. The van der Waals surface area contributed by atoms with Crippen molar-refractivity contribution in [3.05, 3.63) is 109 Å². The third-order valence-electron chi connectivity index (χ3n) is 6.72. The van der Waals surface area contributed by atoms with E-state index in [0.717, 1.165) is 56.4 Å². The van der Waals surface area contributed by atoms with Crippen molar-refractivity contribution in [3.63, 3.8) is 0 Å². The maximum atomic E-state index is 6.44. The Kier molecular flexibility index (Phi) is 4.15. The average molecular weight is 437 g/mol. The molecule has 0 N–H and O–H groups in total. The first-order chi connectivity index (χ1) is 16.7. The SMILES string of the molecule is Cc1cc(-c2cccc(-c3cc4c5c(c3)Oc3ccccc3B5c3ccccc3O4)c2)ccn1. The Morgan fingerprint density at radius 1 is 0.559 bits per heavy atom.